The molecule has 1 aromatic rings. The van der Waals surface area contributed by atoms with Crippen LogP contribution in [0.1, 0.15) is 31.2 Å². The first-order valence-corrected chi connectivity index (χ1v) is 7.45. The predicted molar refractivity (Wildman–Crippen MR) is 74.5 cm³/mol. The molecule has 1 heterocycles. The minimum Gasteiger partial charge on any atom is -0.468 e. The zero-order valence-electron chi connectivity index (χ0n) is 12.7. The predicted octanol–water partition coefficient (Wildman–Crippen LogP) is 3.46. The number of carbonyl (C=O) groups is 1. The molecule has 1 amide bonds. The van der Waals surface area contributed by atoms with Crippen molar-refractivity contribution in [1.29, 1.82) is 0 Å². The number of amides is 1. The quantitative estimate of drug-likeness (QED) is 0.798. The molecule has 0 aliphatic heterocycles. The van der Waals surface area contributed by atoms with Crippen LogP contribution in [-0.4, -0.2) is 29.6 Å². The van der Waals surface area contributed by atoms with Gasteiger partial charge in [-0.05, 0) is 24.5 Å². The Labute approximate surface area is 135 Å². The average molecular weight is 352 g/mol. The third kappa shape index (κ3) is 5.61. The average Bonchev–Trinajstić information content (AvgIpc) is 2.82. The van der Waals surface area contributed by atoms with Crippen molar-refractivity contribution in [2.75, 3.05) is 6.61 Å². The molecule has 1 saturated carbocycles. The fourth-order valence-corrected chi connectivity index (χ4v) is 2.54. The van der Waals surface area contributed by atoms with Gasteiger partial charge in [-0.3, -0.25) is 4.79 Å². The Kier molecular flexibility index (Phi) is 5.61. The molecule has 1 aliphatic carbocycles. The van der Waals surface area contributed by atoms with Crippen molar-refractivity contribution in [3.8, 4) is 5.88 Å². The van der Waals surface area contributed by atoms with E-state index in [1.165, 1.54) is 18.3 Å². The highest BCUT2D eigenvalue weighted by Crippen LogP contribution is 2.42. The van der Waals surface area contributed by atoms with Gasteiger partial charge in [0.2, 0.25) is 11.8 Å². The normalized spacial score (nSPS) is 20.0. The van der Waals surface area contributed by atoms with Crippen molar-refractivity contribution in [3.05, 3.63) is 23.9 Å². The van der Waals surface area contributed by atoms with Crippen LogP contribution in [0.15, 0.2) is 18.3 Å². The van der Waals surface area contributed by atoms with E-state index in [2.05, 4.69) is 15.0 Å². The molecule has 1 atom stereocenters. The van der Waals surface area contributed by atoms with Gasteiger partial charge in [-0.1, -0.05) is 0 Å². The maximum atomic E-state index is 13.5. The van der Waals surface area contributed by atoms with Gasteiger partial charge in [0.1, 0.15) is 0 Å². The van der Waals surface area contributed by atoms with Crippen molar-refractivity contribution >= 4 is 5.91 Å². The number of hydrogen-bond acceptors (Lipinski definition) is 3. The summed E-state index contributed by atoms with van der Waals surface area (Å²) < 4.78 is 67.7. The Bertz CT molecular complexity index is 577. The Morgan fingerprint density at radius 3 is 2.79 bits per heavy atom. The molecule has 1 aromatic heterocycles. The summed E-state index contributed by atoms with van der Waals surface area (Å²) >= 11 is 0. The summed E-state index contributed by atoms with van der Waals surface area (Å²) in [5.41, 5.74) is 0.466. The smallest absolute Gasteiger partial charge is 0.422 e. The molecule has 4 nitrogen and oxygen atoms in total. The molecule has 2 rings (SSSR count). The lowest BCUT2D eigenvalue weighted by Crippen LogP contribution is -2.30. The first-order valence-electron chi connectivity index (χ1n) is 7.45. The minimum absolute atomic E-state index is 0.00201. The molecular formula is C15H17F5N2O2. The van der Waals surface area contributed by atoms with Crippen molar-refractivity contribution in [1.82, 2.24) is 10.3 Å². The van der Waals surface area contributed by atoms with Crippen LogP contribution in [0.4, 0.5) is 22.0 Å². The largest absolute Gasteiger partial charge is 0.468 e. The molecule has 24 heavy (non-hydrogen) atoms. The van der Waals surface area contributed by atoms with Crippen molar-refractivity contribution < 1.29 is 31.5 Å². The van der Waals surface area contributed by atoms with Crippen LogP contribution in [0.3, 0.4) is 0 Å². The zero-order chi connectivity index (χ0) is 17.8. The summed E-state index contributed by atoms with van der Waals surface area (Å²) in [7, 11) is 0. The van der Waals surface area contributed by atoms with Gasteiger partial charge < -0.3 is 10.1 Å². The van der Waals surface area contributed by atoms with E-state index in [0.29, 0.717) is 18.4 Å². The number of aromatic nitrogens is 1. The fraction of sp³-hybridized carbons (Fsp3) is 0.600. The highest BCUT2D eigenvalue weighted by atomic mass is 19.4. The molecule has 1 fully saturated rings. The van der Waals surface area contributed by atoms with E-state index in [-0.39, 0.29) is 25.3 Å². The summed E-state index contributed by atoms with van der Waals surface area (Å²) in [6.07, 6.45) is -2.98. The Hall–Kier alpha value is -1.93. The monoisotopic (exact) mass is 352 g/mol. The molecule has 0 bridgehead atoms. The van der Waals surface area contributed by atoms with Gasteiger partial charge >= 0.3 is 6.18 Å². The molecule has 134 valence electrons. The van der Waals surface area contributed by atoms with Gasteiger partial charge in [0.05, 0.1) is 0 Å². The van der Waals surface area contributed by atoms with E-state index in [9.17, 15) is 26.7 Å². The van der Waals surface area contributed by atoms with Crippen LogP contribution in [0.2, 0.25) is 0 Å². The number of pyridine rings is 1. The summed E-state index contributed by atoms with van der Waals surface area (Å²) in [5.74, 6) is -4.51. The van der Waals surface area contributed by atoms with Crippen molar-refractivity contribution in [2.45, 2.75) is 44.3 Å². The molecule has 0 saturated heterocycles. The summed E-state index contributed by atoms with van der Waals surface area (Å²) in [5, 5.41) is 2.49. The second kappa shape index (κ2) is 7.31. The number of ether oxygens (including phenoxy) is 1. The number of nitrogens with one attached hydrogen (secondary N) is 1. The van der Waals surface area contributed by atoms with E-state index in [0.717, 1.165) is 0 Å². The van der Waals surface area contributed by atoms with Gasteiger partial charge in [-0.15, -0.1) is 0 Å². The fourth-order valence-electron chi connectivity index (χ4n) is 2.54. The van der Waals surface area contributed by atoms with Crippen LogP contribution in [-0.2, 0) is 11.3 Å². The second-order valence-electron chi connectivity index (χ2n) is 5.74. The highest BCUT2D eigenvalue weighted by Gasteiger charge is 2.44. The molecule has 1 unspecified atom stereocenters. The number of carbonyl (C=O) groups excluding carboxylic acids is 1. The van der Waals surface area contributed by atoms with Gasteiger partial charge in [0.25, 0.3) is 5.92 Å². The second-order valence-corrected chi connectivity index (χ2v) is 5.74. The number of alkyl halides is 5. The van der Waals surface area contributed by atoms with E-state index in [4.69, 9.17) is 0 Å². The van der Waals surface area contributed by atoms with Crippen LogP contribution < -0.4 is 10.1 Å². The summed E-state index contributed by atoms with van der Waals surface area (Å²) in [4.78, 5) is 15.4. The standard InChI is InChI=1S/C15H17F5N2O2/c16-14(17)4-1-2-11(14)7-12(23)22-8-10-3-5-21-13(6-10)24-9-15(18,19)20/h3,5-6,11H,1-2,4,7-9H2,(H,22,23). The number of nitrogens with zero attached hydrogens (tertiary/aromatic N) is 1. The maximum absolute atomic E-state index is 13.5. The Morgan fingerprint density at radius 1 is 1.42 bits per heavy atom. The lowest BCUT2D eigenvalue weighted by atomic mass is 10.0. The van der Waals surface area contributed by atoms with Gasteiger partial charge in [-0.25, -0.2) is 13.8 Å². The first kappa shape index (κ1) is 18.4. The third-order valence-electron chi connectivity index (χ3n) is 3.76. The van der Waals surface area contributed by atoms with Gasteiger partial charge in [0.15, 0.2) is 6.61 Å². The topological polar surface area (TPSA) is 51.2 Å². The molecule has 9 heteroatoms. The van der Waals surface area contributed by atoms with Gasteiger partial charge in [0, 0.05) is 37.6 Å². The lowest BCUT2D eigenvalue weighted by molar-refractivity contribution is -0.154. The van der Waals surface area contributed by atoms with Crippen LogP contribution >= 0.6 is 0 Å². The van der Waals surface area contributed by atoms with Crippen LogP contribution in [0.25, 0.3) is 0 Å². The minimum atomic E-state index is -4.47. The summed E-state index contributed by atoms with van der Waals surface area (Å²) in [6, 6.07) is 2.75. The Balaban J connectivity index is 1.82. The molecule has 0 spiro atoms. The Morgan fingerprint density at radius 2 is 2.17 bits per heavy atom. The highest BCUT2D eigenvalue weighted by molar-refractivity contribution is 5.76. The van der Waals surface area contributed by atoms with E-state index in [1.807, 2.05) is 0 Å². The SMILES string of the molecule is O=C(CC1CCCC1(F)F)NCc1ccnc(OCC(F)(F)F)c1. The third-order valence-corrected chi connectivity index (χ3v) is 3.76. The van der Waals surface area contributed by atoms with Gasteiger partial charge in [-0.2, -0.15) is 13.2 Å². The first-order chi connectivity index (χ1) is 11.2. The lowest BCUT2D eigenvalue weighted by Gasteiger charge is -2.18. The van der Waals surface area contributed by atoms with E-state index in [1.54, 1.807) is 0 Å². The maximum Gasteiger partial charge on any atom is 0.422 e. The molecular weight excluding hydrogens is 335 g/mol. The van der Waals surface area contributed by atoms with Crippen LogP contribution in [0.5, 0.6) is 5.88 Å². The zero-order valence-corrected chi connectivity index (χ0v) is 12.7. The van der Waals surface area contributed by atoms with Crippen molar-refractivity contribution in [3.63, 3.8) is 0 Å². The molecule has 0 radical (unpaired) electrons. The number of halogens is 5. The van der Waals surface area contributed by atoms with Crippen LogP contribution in [0, 0.1) is 5.92 Å². The molecule has 1 aliphatic rings. The van der Waals surface area contributed by atoms with Crippen molar-refractivity contribution in [2.24, 2.45) is 5.92 Å². The number of hydrogen-bond donors (Lipinski definition) is 1. The van der Waals surface area contributed by atoms with E-state index >= 15 is 0 Å². The number of rotatable bonds is 6. The molecule has 1 N–H and O–H groups in total. The molecule has 0 aromatic carbocycles. The van der Waals surface area contributed by atoms with E-state index < -0.39 is 30.5 Å². The summed E-state index contributed by atoms with van der Waals surface area (Å²) in [6.45, 7) is -1.46.